The van der Waals surface area contributed by atoms with Crippen LogP contribution in [-0.4, -0.2) is 23.9 Å². The molecular weight excluding hydrogens is 271 g/mol. The van der Waals surface area contributed by atoms with Crippen molar-refractivity contribution < 1.29 is 14.0 Å². The summed E-state index contributed by atoms with van der Waals surface area (Å²) in [6, 6.07) is 2.45. The van der Waals surface area contributed by atoms with Crippen molar-refractivity contribution in [3.05, 3.63) is 29.0 Å². The van der Waals surface area contributed by atoms with Gasteiger partial charge in [-0.15, -0.1) is 0 Å². The van der Waals surface area contributed by atoms with Gasteiger partial charge < -0.3 is 5.32 Å². The lowest BCUT2D eigenvalue weighted by molar-refractivity contribution is -0.133. The largest absolute Gasteiger partial charge is 0.343 e. The quantitative estimate of drug-likeness (QED) is 0.904. The Morgan fingerprint density at radius 2 is 2.11 bits per heavy atom. The molecule has 19 heavy (non-hydrogen) atoms. The normalized spacial score (nSPS) is 23.5. The maximum Gasteiger partial charge on any atom is 0.250 e. The van der Waals surface area contributed by atoms with E-state index in [9.17, 15) is 14.0 Å². The molecule has 1 fully saturated rings. The van der Waals surface area contributed by atoms with E-state index in [2.05, 4.69) is 5.32 Å². The van der Waals surface area contributed by atoms with Crippen LogP contribution in [0.4, 0.5) is 10.1 Å². The van der Waals surface area contributed by atoms with Gasteiger partial charge in [0.1, 0.15) is 17.9 Å². The van der Waals surface area contributed by atoms with Crippen LogP contribution >= 0.6 is 11.6 Å². The number of nitrogens with one attached hydrogen (secondary N) is 1. The molecule has 1 heterocycles. The van der Waals surface area contributed by atoms with Crippen LogP contribution in [0.3, 0.4) is 0 Å². The maximum atomic E-state index is 13.3. The van der Waals surface area contributed by atoms with Crippen molar-refractivity contribution in [2.45, 2.75) is 32.4 Å². The van der Waals surface area contributed by atoms with E-state index in [0.29, 0.717) is 6.42 Å². The average molecular weight is 285 g/mol. The number of rotatable bonds is 2. The molecule has 2 amide bonds. The Labute approximate surface area is 115 Å². The number of anilines is 1. The zero-order valence-corrected chi connectivity index (χ0v) is 11.4. The Bertz CT molecular complexity index is 535. The lowest BCUT2D eigenvalue weighted by atomic mass is 10.1. The number of halogens is 2. The smallest absolute Gasteiger partial charge is 0.250 e. The Balaban J connectivity index is 2.47. The van der Waals surface area contributed by atoms with Gasteiger partial charge in [-0.3, -0.25) is 14.5 Å². The molecule has 0 aromatic heterocycles. The van der Waals surface area contributed by atoms with Crippen LogP contribution in [-0.2, 0) is 9.59 Å². The van der Waals surface area contributed by atoms with Gasteiger partial charge in [-0.2, -0.15) is 0 Å². The van der Waals surface area contributed by atoms with Crippen LogP contribution in [0.2, 0.25) is 5.02 Å². The van der Waals surface area contributed by atoms with E-state index in [-0.39, 0.29) is 22.5 Å². The van der Waals surface area contributed by atoms with Crippen LogP contribution in [0.15, 0.2) is 18.2 Å². The molecular formula is C13H14ClFN2O2. The fourth-order valence-electron chi connectivity index (χ4n) is 2.10. The van der Waals surface area contributed by atoms with E-state index < -0.39 is 17.9 Å². The first-order chi connectivity index (χ1) is 8.95. The molecule has 2 atom stereocenters. The van der Waals surface area contributed by atoms with Crippen molar-refractivity contribution in [2.24, 2.45) is 0 Å². The zero-order chi connectivity index (χ0) is 14.2. The van der Waals surface area contributed by atoms with Crippen LogP contribution in [0.25, 0.3) is 0 Å². The topological polar surface area (TPSA) is 49.4 Å². The van der Waals surface area contributed by atoms with Crippen molar-refractivity contribution in [3.63, 3.8) is 0 Å². The molecule has 0 saturated carbocycles. The van der Waals surface area contributed by atoms with Gasteiger partial charge in [0, 0.05) is 0 Å². The monoisotopic (exact) mass is 284 g/mol. The number of piperazine rings is 1. The summed E-state index contributed by atoms with van der Waals surface area (Å²) < 4.78 is 13.3. The van der Waals surface area contributed by atoms with Crippen molar-refractivity contribution >= 4 is 29.1 Å². The Kier molecular flexibility index (Phi) is 3.75. The first-order valence-corrected chi connectivity index (χ1v) is 6.42. The molecule has 1 N–H and O–H groups in total. The van der Waals surface area contributed by atoms with E-state index in [4.69, 9.17) is 11.6 Å². The molecule has 6 heteroatoms. The van der Waals surface area contributed by atoms with E-state index in [1.54, 1.807) is 13.8 Å². The van der Waals surface area contributed by atoms with E-state index in [1.165, 1.54) is 23.1 Å². The average Bonchev–Trinajstić information content (AvgIpc) is 2.38. The minimum atomic E-state index is -0.713. The van der Waals surface area contributed by atoms with Crippen molar-refractivity contribution in [3.8, 4) is 0 Å². The van der Waals surface area contributed by atoms with Crippen molar-refractivity contribution in [1.29, 1.82) is 0 Å². The summed E-state index contributed by atoms with van der Waals surface area (Å²) in [5.41, 5.74) is 0.229. The fourth-order valence-corrected chi connectivity index (χ4v) is 2.31. The summed E-state index contributed by atoms with van der Waals surface area (Å²) in [7, 11) is 0. The highest BCUT2D eigenvalue weighted by Gasteiger charge is 2.38. The van der Waals surface area contributed by atoms with Crippen molar-refractivity contribution in [1.82, 2.24) is 5.32 Å². The minimum Gasteiger partial charge on any atom is -0.343 e. The molecule has 0 radical (unpaired) electrons. The second-order valence-corrected chi connectivity index (χ2v) is 4.86. The Hall–Kier alpha value is -1.62. The highest BCUT2D eigenvalue weighted by atomic mass is 35.5. The van der Waals surface area contributed by atoms with Crippen molar-refractivity contribution in [2.75, 3.05) is 4.90 Å². The SMILES string of the molecule is CCC1NC(=O)C(C)N(c2cc(F)ccc2Cl)C1=O. The Morgan fingerprint density at radius 3 is 2.74 bits per heavy atom. The lowest BCUT2D eigenvalue weighted by Gasteiger charge is -2.37. The number of carbonyl (C=O) groups is 2. The third-order valence-corrected chi connectivity index (χ3v) is 3.51. The highest BCUT2D eigenvalue weighted by molar-refractivity contribution is 6.34. The van der Waals surface area contributed by atoms with Gasteiger partial charge >= 0.3 is 0 Å². The van der Waals surface area contributed by atoms with Gasteiger partial charge in [0.05, 0.1) is 10.7 Å². The summed E-state index contributed by atoms with van der Waals surface area (Å²) in [6.45, 7) is 3.38. The molecule has 1 aromatic rings. The molecule has 0 spiro atoms. The van der Waals surface area contributed by atoms with E-state index in [0.717, 1.165) is 0 Å². The molecule has 1 saturated heterocycles. The summed E-state index contributed by atoms with van der Waals surface area (Å²) in [5, 5.41) is 2.87. The van der Waals surface area contributed by atoms with Crippen LogP contribution in [0.5, 0.6) is 0 Å². The van der Waals surface area contributed by atoms with Gasteiger partial charge in [-0.05, 0) is 31.5 Å². The maximum absolute atomic E-state index is 13.3. The minimum absolute atomic E-state index is 0.229. The third kappa shape index (κ3) is 2.42. The Morgan fingerprint density at radius 1 is 1.42 bits per heavy atom. The standard InChI is InChI=1S/C13H14ClFN2O2/c1-3-10-13(19)17(7(2)12(18)16-10)11-6-8(15)4-5-9(11)14/h4-7,10H,3H2,1-2H3,(H,16,18). The molecule has 0 aliphatic carbocycles. The number of amides is 2. The molecule has 1 aliphatic rings. The molecule has 1 aliphatic heterocycles. The molecule has 102 valence electrons. The molecule has 1 aromatic carbocycles. The second-order valence-electron chi connectivity index (χ2n) is 4.45. The van der Waals surface area contributed by atoms with Crippen LogP contribution in [0, 0.1) is 5.82 Å². The molecule has 0 bridgehead atoms. The fraction of sp³-hybridized carbons (Fsp3) is 0.385. The predicted molar refractivity (Wildman–Crippen MR) is 70.6 cm³/mol. The van der Waals surface area contributed by atoms with Gasteiger partial charge in [0.15, 0.2) is 0 Å². The molecule has 2 rings (SSSR count). The summed E-state index contributed by atoms with van der Waals surface area (Å²) in [6.07, 6.45) is 0.473. The number of benzene rings is 1. The number of hydrogen-bond donors (Lipinski definition) is 1. The van der Waals surface area contributed by atoms with Gasteiger partial charge in [0.2, 0.25) is 11.8 Å². The number of nitrogens with zero attached hydrogens (tertiary/aromatic N) is 1. The first-order valence-electron chi connectivity index (χ1n) is 6.04. The predicted octanol–water partition coefficient (Wildman–Crippen LogP) is 2.11. The number of carbonyl (C=O) groups excluding carboxylic acids is 2. The lowest BCUT2D eigenvalue weighted by Crippen LogP contribution is -2.62. The second kappa shape index (κ2) is 5.17. The summed E-state index contributed by atoms with van der Waals surface area (Å²) in [5.74, 6) is -1.05. The summed E-state index contributed by atoms with van der Waals surface area (Å²) >= 11 is 6.01. The number of hydrogen-bond acceptors (Lipinski definition) is 2. The van der Waals surface area contributed by atoms with E-state index in [1.807, 2.05) is 0 Å². The summed E-state index contributed by atoms with van der Waals surface area (Å²) in [4.78, 5) is 25.4. The van der Waals surface area contributed by atoms with Gasteiger partial charge in [-0.1, -0.05) is 18.5 Å². The molecule has 4 nitrogen and oxygen atoms in total. The zero-order valence-electron chi connectivity index (χ0n) is 10.6. The van der Waals surface area contributed by atoms with Gasteiger partial charge in [-0.25, -0.2) is 4.39 Å². The van der Waals surface area contributed by atoms with Crippen LogP contribution in [0.1, 0.15) is 20.3 Å². The van der Waals surface area contributed by atoms with E-state index >= 15 is 0 Å². The first kappa shape index (κ1) is 13.8. The highest BCUT2D eigenvalue weighted by Crippen LogP contribution is 2.30. The molecule has 2 unspecified atom stereocenters. The van der Waals surface area contributed by atoms with Crippen LogP contribution < -0.4 is 10.2 Å². The third-order valence-electron chi connectivity index (χ3n) is 3.19. The van der Waals surface area contributed by atoms with Gasteiger partial charge in [0.25, 0.3) is 0 Å².